The molecule has 0 aliphatic heterocycles. The summed E-state index contributed by atoms with van der Waals surface area (Å²) in [4.78, 5) is 0. The van der Waals surface area contributed by atoms with Crippen molar-refractivity contribution in [2.24, 2.45) is 5.41 Å². The molecule has 2 N–H and O–H groups in total. The minimum Gasteiger partial charge on any atom is -0.368 e. The van der Waals surface area contributed by atoms with Gasteiger partial charge < -0.3 is 10.2 Å². The Hall–Kier alpha value is -0.0800. The molecule has 1 aliphatic carbocycles. The summed E-state index contributed by atoms with van der Waals surface area (Å²) in [5.74, 6) is 0. The molecule has 0 unspecified atom stereocenters. The van der Waals surface area contributed by atoms with Gasteiger partial charge in [-0.1, -0.05) is 13.3 Å². The maximum absolute atomic E-state index is 8.69. The van der Waals surface area contributed by atoms with Crippen LogP contribution in [0.3, 0.4) is 0 Å². The Labute approximate surface area is 49.1 Å². The summed E-state index contributed by atoms with van der Waals surface area (Å²) in [6, 6.07) is 0. The molecule has 1 fully saturated rings. The van der Waals surface area contributed by atoms with Crippen molar-refractivity contribution >= 4 is 0 Å². The van der Waals surface area contributed by atoms with Crippen molar-refractivity contribution in [3.8, 4) is 0 Å². The molecule has 0 heterocycles. The van der Waals surface area contributed by atoms with Crippen molar-refractivity contribution in [1.29, 1.82) is 0 Å². The lowest BCUT2D eigenvalue weighted by molar-refractivity contribution is -0.158. The smallest absolute Gasteiger partial charge is 0.156 e. The lowest BCUT2D eigenvalue weighted by Gasteiger charge is -2.39. The maximum Gasteiger partial charge on any atom is 0.156 e. The molecule has 1 rings (SSSR count). The quantitative estimate of drug-likeness (QED) is 0.489. The molecule has 0 aromatic rings. The predicted molar refractivity (Wildman–Crippen MR) is 30.2 cm³/mol. The van der Waals surface area contributed by atoms with E-state index in [0.717, 1.165) is 19.3 Å². The van der Waals surface area contributed by atoms with E-state index in [4.69, 9.17) is 10.2 Å². The predicted octanol–water partition coefficient (Wildman–Crippen LogP) is 0.487. The SMILES string of the molecule is CC1(C(O)O)CCC1. The van der Waals surface area contributed by atoms with E-state index in [1.165, 1.54) is 0 Å². The molecule has 8 heavy (non-hydrogen) atoms. The average Bonchev–Trinajstić information content (AvgIpc) is 1.60. The molecule has 0 bridgehead atoms. The van der Waals surface area contributed by atoms with Crippen LogP contribution in [0.5, 0.6) is 0 Å². The van der Waals surface area contributed by atoms with Gasteiger partial charge in [-0.25, -0.2) is 0 Å². The van der Waals surface area contributed by atoms with Gasteiger partial charge in [-0.2, -0.15) is 0 Å². The van der Waals surface area contributed by atoms with Gasteiger partial charge in [0.05, 0.1) is 0 Å². The fourth-order valence-electron chi connectivity index (χ4n) is 0.993. The van der Waals surface area contributed by atoms with Crippen LogP contribution in [-0.2, 0) is 0 Å². The Morgan fingerprint density at radius 1 is 1.38 bits per heavy atom. The summed E-state index contributed by atoms with van der Waals surface area (Å²) in [7, 11) is 0. The molecule has 0 spiro atoms. The van der Waals surface area contributed by atoms with Gasteiger partial charge in [-0.05, 0) is 12.8 Å². The molecule has 0 saturated heterocycles. The van der Waals surface area contributed by atoms with Crippen LogP contribution in [0.4, 0.5) is 0 Å². The number of aliphatic hydroxyl groups is 2. The molecule has 0 amide bonds. The van der Waals surface area contributed by atoms with E-state index in [1.807, 2.05) is 6.92 Å². The van der Waals surface area contributed by atoms with E-state index >= 15 is 0 Å². The Bertz CT molecular complexity index is 84.5. The summed E-state index contributed by atoms with van der Waals surface area (Å²) in [6.45, 7) is 1.90. The molecule has 1 saturated carbocycles. The summed E-state index contributed by atoms with van der Waals surface area (Å²) in [5, 5.41) is 17.4. The van der Waals surface area contributed by atoms with Crippen molar-refractivity contribution in [3.63, 3.8) is 0 Å². The van der Waals surface area contributed by atoms with E-state index in [-0.39, 0.29) is 5.41 Å². The van der Waals surface area contributed by atoms with Crippen LogP contribution < -0.4 is 0 Å². The topological polar surface area (TPSA) is 40.5 Å². The summed E-state index contributed by atoms with van der Waals surface area (Å²) in [5.41, 5.74) is -0.167. The third-order valence-corrected chi connectivity index (χ3v) is 2.12. The lowest BCUT2D eigenvalue weighted by Crippen LogP contribution is -2.38. The van der Waals surface area contributed by atoms with Gasteiger partial charge >= 0.3 is 0 Å². The van der Waals surface area contributed by atoms with Crippen LogP contribution in [0.25, 0.3) is 0 Å². The van der Waals surface area contributed by atoms with Gasteiger partial charge in [0, 0.05) is 5.41 Å². The summed E-state index contributed by atoms with van der Waals surface area (Å²) in [6.07, 6.45) is 1.97. The van der Waals surface area contributed by atoms with Crippen molar-refractivity contribution in [2.75, 3.05) is 0 Å². The van der Waals surface area contributed by atoms with Gasteiger partial charge in [-0.15, -0.1) is 0 Å². The van der Waals surface area contributed by atoms with Gasteiger partial charge in [0.25, 0.3) is 0 Å². The fraction of sp³-hybridized carbons (Fsp3) is 1.00. The molecule has 0 atom stereocenters. The van der Waals surface area contributed by atoms with Crippen molar-refractivity contribution in [1.82, 2.24) is 0 Å². The molecular weight excluding hydrogens is 104 g/mol. The standard InChI is InChI=1S/C6H12O2/c1-6(5(7)8)3-2-4-6/h5,7-8H,2-4H2,1H3. The van der Waals surface area contributed by atoms with E-state index in [0.29, 0.717) is 0 Å². The largest absolute Gasteiger partial charge is 0.368 e. The van der Waals surface area contributed by atoms with E-state index < -0.39 is 6.29 Å². The zero-order valence-corrected chi connectivity index (χ0v) is 5.09. The maximum atomic E-state index is 8.69. The second-order valence-electron chi connectivity index (χ2n) is 2.88. The zero-order valence-electron chi connectivity index (χ0n) is 5.09. The third-order valence-electron chi connectivity index (χ3n) is 2.12. The van der Waals surface area contributed by atoms with Crippen molar-refractivity contribution in [3.05, 3.63) is 0 Å². The van der Waals surface area contributed by atoms with Crippen LogP contribution in [-0.4, -0.2) is 16.5 Å². The molecule has 2 heteroatoms. The number of hydrogen-bond acceptors (Lipinski definition) is 2. The highest BCUT2D eigenvalue weighted by atomic mass is 16.5. The number of aliphatic hydroxyl groups excluding tert-OH is 1. The van der Waals surface area contributed by atoms with E-state index in [2.05, 4.69) is 0 Å². The molecule has 2 nitrogen and oxygen atoms in total. The van der Waals surface area contributed by atoms with Crippen LogP contribution in [0.1, 0.15) is 26.2 Å². The van der Waals surface area contributed by atoms with E-state index in [1.54, 1.807) is 0 Å². The van der Waals surface area contributed by atoms with Crippen molar-refractivity contribution < 1.29 is 10.2 Å². The molecular formula is C6H12O2. The lowest BCUT2D eigenvalue weighted by atomic mass is 9.70. The van der Waals surface area contributed by atoms with Crippen LogP contribution in [0.15, 0.2) is 0 Å². The zero-order chi connectivity index (χ0) is 6.20. The van der Waals surface area contributed by atoms with E-state index in [9.17, 15) is 0 Å². The molecule has 48 valence electrons. The highest BCUT2D eigenvalue weighted by Gasteiger charge is 2.37. The Morgan fingerprint density at radius 2 is 1.88 bits per heavy atom. The summed E-state index contributed by atoms with van der Waals surface area (Å²) >= 11 is 0. The first-order valence-electron chi connectivity index (χ1n) is 3.01. The monoisotopic (exact) mass is 116 g/mol. The molecule has 0 aromatic carbocycles. The van der Waals surface area contributed by atoms with Gasteiger partial charge in [-0.3, -0.25) is 0 Å². The Balaban J connectivity index is 2.41. The average molecular weight is 116 g/mol. The molecule has 0 radical (unpaired) electrons. The normalized spacial score (nSPS) is 25.5. The van der Waals surface area contributed by atoms with Gasteiger partial charge in [0.15, 0.2) is 6.29 Å². The minimum atomic E-state index is -1.10. The Kier molecular flexibility index (Phi) is 1.29. The summed E-state index contributed by atoms with van der Waals surface area (Å²) < 4.78 is 0. The molecule has 1 aliphatic rings. The van der Waals surface area contributed by atoms with Gasteiger partial charge in [0.2, 0.25) is 0 Å². The second kappa shape index (κ2) is 1.71. The minimum absolute atomic E-state index is 0.167. The first-order chi connectivity index (χ1) is 3.65. The highest BCUT2D eigenvalue weighted by Crippen LogP contribution is 2.42. The molecule has 0 aromatic heterocycles. The third kappa shape index (κ3) is 0.740. The first kappa shape index (κ1) is 6.05. The first-order valence-corrected chi connectivity index (χ1v) is 3.01. The van der Waals surface area contributed by atoms with Crippen molar-refractivity contribution in [2.45, 2.75) is 32.5 Å². The van der Waals surface area contributed by atoms with Gasteiger partial charge in [0.1, 0.15) is 0 Å². The van der Waals surface area contributed by atoms with Crippen LogP contribution >= 0.6 is 0 Å². The number of hydrogen-bond donors (Lipinski definition) is 2. The second-order valence-corrected chi connectivity index (χ2v) is 2.88. The van der Waals surface area contributed by atoms with Crippen LogP contribution in [0.2, 0.25) is 0 Å². The highest BCUT2D eigenvalue weighted by molar-refractivity contribution is 4.84. The van der Waals surface area contributed by atoms with Crippen LogP contribution in [0, 0.1) is 5.41 Å². The Morgan fingerprint density at radius 3 is 1.88 bits per heavy atom. The fourth-order valence-corrected chi connectivity index (χ4v) is 0.993. The number of rotatable bonds is 1.